The molecule has 86 valence electrons. The first kappa shape index (κ1) is 10.5. The van der Waals surface area contributed by atoms with Crippen LogP contribution in [0.5, 0.6) is 0 Å². The van der Waals surface area contributed by atoms with E-state index in [-0.39, 0.29) is 5.60 Å². The second-order valence-electron chi connectivity index (χ2n) is 4.67. The molecular formula is C12H15ClN2O. The van der Waals surface area contributed by atoms with Crippen LogP contribution >= 0.6 is 11.6 Å². The SMILES string of the molecule is COC1(c2nc(Cl)c3c(n2)CCC3)CCC1. The lowest BCUT2D eigenvalue weighted by Crippen LogP contribution is -2.38. The van der Waals surface area contributed by atoms with Crippen molar-refractivity contribution in [2.24, 2.45) is 0 Å². The number of hydrogen-bond donors (Lipinski definition) is 0. The number of nitrogens with zero attached hydrogens (tertiary/aromatic N) is 2. The molecule has 1 saturated carbocycles. The van der Waals surface area contributed by atoms with Crippen LogP contribution in [0.1, 0.15) is 42.8 Å². The number of fused-ring (bicyclic) bond motifs is 1. The minimum atomic E-state index is -0.249. The Kier molecular flexibility index (Phi) is 2.41. The van der Waals surface area contributed by atoms with Crippen LogP contribution in [0.15, 0.2) is 0 Å². The molecule has 4 heteroatoms. The van der Waals surface area contributed by atoms with Gasteiger partial charge >= 0.3 is 0 Å². The van der Waals surface area contributed by atoms with Gasteiger partial charge < -0.3 is 4.74 Å². The number of methoxy groups -OCH3 is 1. The summed E-state index contributed by atoms with van der Waals surface area (Å²) in [5.74, 6) is 0.798. The minimum Gasteiger partial charge on any atom is -0.370 e. The molecule has 1 fully saturated rings. The lowest BCUT2D eigenvalue weighted by molar-refractivity contribution is -0.0847. The molecule has 0 saturated heterocycles. The minimum absolute atomic E-state index is 0.249. The van der Waals surface area contributed by atoms with Gasteiger partial charge in [0.05, 0.1) is 0 Å². The van der Waals surface area contributed by atoms with Crippen LogP contribution in [0.25, 0.3) is 0 Å². The average Bonchev–Trinajstić information content (AvgIpc) is 2.65. The molecule has 2 aliphatic rings. The van der Waals surface area contributed by atoms with Crippen molar-refractivity contribution in [1.82, 2.24) is 9.97 Å². The highest BCUT2D eigenvalue weighted by Gasteiger charge is 2.42. The summed E-state index contributed by atoms with van der Waals surface area (Å²) in [5, 5.41) is 0.640. The van der Waals surface area contributed by atoms with Gasteiger partial charge in [-0.2, -0.15) is 0 Å². The van der Waals surface area contributed by atoms with Crippen LogP contribution in [0, 0.1) is 0 Å². The topological polar surface area (TPSA) is 35.0 Å². The van der Waals surface area contributed by atoms with Crippen LogP contribution in [0.2, 0.25) is 5.15 Å². The third kappa shape index (κ3) is 1.38. The largest absolute Gasteiger partial charge is 0.370 e. The van der Waals surface area contributed by atoms with E-state index < -0.39 is 0 Å². The molecule has 0 aliphatic heterocycles. The van der Waals surface area contributed by atoms with Crippen molar-refractivity contribution in [3.05, 3.63) is 22.2 Å². The summed E-state index contributed by atoms with van der Waals surface area (Å²) in [6.45, 7) is 0. The maximum absolute atomic E-state index is 6.21. The molecule has 0 spiro atoms. The summed E-state index contributed by atoms with van der Waals surface area (Å²) in [7, 11) is 1.74. The highest BCUT2D eigenvalue weighted by atomic mass is 35.5. The Hall–Kier alpha value is -0.670. The summed E-state index contributed by atoms with van der Waals surface area (Å²) in [4.78, 5) is 9.10. The van der Waals surface area contributed by atoms with Gasteiger partial charge in [0.2, 0.25) is 0 Å². The fraction of sp³-hybridized carbons (Fsp3) is 0.667. The van der Waals surface area contributed by atoms with E-state index in [1.165, 1.54) is 6.42 Å². The number of ether oxygens (including phenoxy) is 1. The van der Waals surface area contributed by atoms with Crippen LogP contribution < -0.4 is 0 Å². The van der Waals surface area contributed by atoms with Gasteiger partial charge in [0.15, 0.2) is 5.82 Å². The van der Waals surface area contributed by atoms with Gasteiger partial charge in [-0.05, 0) is 38.5 Å². The average molecular weight is 239 g/mol. The summed E-state index contributed by atoms with van der Waals surface area (Å²) < 4.78 is 5.59. The molecule has 0 bridgehead atoms. The van der Waals surface area contributed by atoms with E-state index in [2.05, 4.69) is 9.97 Å². The van der Waals surface area contributed by atoms with Crippen LogP contribution in [-0.4, -0.2) is 17.1 Å². The molecule has 1 aromatic rings. The zero-order chi connectivity index (χ0) is 11.2. The molecule has 0 aromatic carbocycles. The van der Waals surface area contributed by atoms with Gasteiger partial charge in [-0.1, -0.05) is 11.6 Å². The highest BCUT2D eigenvalue weighted by molar-refractivity contribution is 6.30. The fourth-order valence-corrected chi connectivity index (χ4v) is 2.89. The molecule has 3 nitrogen and oxygen atoms in total. The molecule has 16 heavy (non-hydrogen) atoms. The molecule has 3 rings (SSSR count). The highest BCUT2D eigenvalue weighted by Crippen LogP contribution is 2.43. The number of rotatable bonds is 2. The first-order valence-electron chi connectivity index (χ1n) is 5.86. The van der Waals surface area contributed by atoms with Crippen molar-refractivity contribution in [1.29, 1.82) is 0 Å². The first-order valence-corrected chi connectivity index (χ1v) is 6.24. The van der Waals surface area contributed by atoms with E-state index in [1.807, 2.05) is 0 Å². The summed E-state index contributed by atoms with van der Waals surface area (Å²) in [5.41, 5.74) is 2.04. The molecule has 0 unspecified atom stereocenters. The van der Waals surface area contributed by atoms with Gasteiger partial charge in [0.25, 0.3) is 0 Å². The molecule has 0 radical (unpaired) electrons. The number of aryl methyl sites for hydroxylation is 1. The lowest BCUT2D eigenvalue weighted by Gasteiger charge is -2.39. The number of halogens is 1. The predicted octanol–water partition coefficient (Wildman–Crippen LogP) is 2.64. The van der Waals surface area contributed by atoms with Crippen molar-refractivity contribution in [2.75, 3.05) is 7.11 Å². The molecule has 0 N–H and O–H groups in total. The maximum atomic E-state index is 6.21. The monoisotopic (exact) mass is 238 g/mol. The van der Waals surface area contributed by atoms with E-state index in [0.717, 1.165) is 49.2 Å². The van der Waals surface area contributed by atoms with E-state index in [9.17, 15) is 0 Å². The maximum Gasteiger partial charge on any atom is 0.162 e. The molecule has 1 heterocycles. The Morgan fingerprint density at radius 3 is 2.62 bits per heavy atom. The lowest BCUT2D eigenvalue weighted by atomic mass is 9.79. The standard InChI is InChI=1S/C12H15ClN2O/c1-16-12(6-3-7-12)11-14-9-5-2-4-8(9)10(13)15-11/h2-7H2,1H3. The van der Waals surface area contributed by atoms with E-state index in [4.69, 9.17) is 16.3 Å². The summed E-state index contributed by atoms with van der Waals surface area (Å²) >= 11 is 6.21. The van der Waals surface area contributed by atoms with Gasteiger partial charge in [0.1, 0.15) is 10.8 Å². The van der Waals surface area contributed by atoms with Crippen LogP contribution in [0.3, 0.4) is 0 Å². The molecule has 2 aliphatic carbocycles. The van der Waals surface area contributed by atoms with Crippen LogP contribution in [0.4, 0.5) is 0 Å². The molecular weight excluding hydrogens is 224 g/mol. The van der Waals surface area contributed by atoms with E-state index in [1.54, 1.807) is 7.11 Å². The molecule has 0 amide bonds. The van der Waals surface area contributed by atoms with Crippen molar-refractivity contribution in [2.45, 2.75) is 44.1 Å². The Bertz CT molecular complexity index is 424. The van der Waals surface area contributed by atoms with Crippen molar-refractivity contribution < 1.29 is 4.74 Å². The third-order valence-corrected chi connectivity index (χ3v) is 4.15. The van der Waals surface area contributed by atoms with Gasteiger partial charge in [-0.25, -0.2) is 9.97 Å². The van der Waals surface area contributed by atoms with Crippen molar-refractivity contribution in [3.8, 4) is 0 Å². The van der Waals surface area contributed by atoms with Gasteiger partial charge in [-0.15, -0.1) is 0 Å². The molecule has 1 aromatic heterocycles. The Morgan fingerprint density at radius 1 is 1.19 bits per heavy atom. The Balaban J connectivity index is 2.05. The summed E-state index contributed by atoms with van der Waals surface area (Å²) in [6.07, 6.45) is 6.41. The smallest absolute Gasteiger partial charge is 0.162 e. The Labute approximate surface area is 100 Å². The zero-order valence-electron chi connectivity index (χ0n) is 9.42. The van der Waals surface area contributed by atoms with Crippen molar-refractivity contribution >= 4 is 11.6 Å². The summed E-state index contributed by atoms with van der Waals surface area (Å²) in [6, 6.07) is 0. The fourth-order valence-electron chi connectivity index (χ4n) is 2.61. The van der Waals surface area contributed by atoms with Gasteiger partial charge in [0, 0.05) is 18.4 Å². The third-order valence-electron chi connectivity index (χ3n) is 3.84. The van der Waals surface area contributed by atoms with Crippen molar-refractivity contribution in [3.63, 3.8) is 0 Å². The first-order chi connectivity index (χ1) is 7.75. The Morgan fingerprint density at radius 2 is 2.00 bits per heavy atom. The zero-order valence-corrected chi connectivity index (χ0v) is 10.2. The second kappa shape index (κ2) is 3.67. The van der Waals surface area contributed by atoms with Gasteiger partial charge in [-0.3, -0.25) is 0 Å². The van der Waals surface area contributed by atoms with E-state index in [0.29, 0.717) is 5.15 Å². The van der Waals surface area contributed by atoms with E-state index >= 15 is 0 Å². The number of aromatic nitrogens is 2. The number of hydrogen-bond acceptors (Lipinski definition) is 3. The second-order valence-corrected chi connectivity index (χ2v) is 5.03. The molecule has 0 atom stereocenters. The predicted molar refractivity (Wildman–Crippen MR) is 61.6 cm³/mol. The van der Waals surface area contributed by atoms with Crippen LogP contribution in [-0.2, 0) is 23.2 Å². The quantitative estimate of drug-likeness (QED) is 0.743. The normalized spacial score (nSPS) is 21.6.